The molecule has 3 aromatic carbocycles. The van der Waals surface area contributed by atoms with Gasteiger partial charge in [-0.25, -0.2) is 0 Å². The Hall–Kier alpha value is -3.80. The van der Waals surface area contributed by atoms with Crippen LogP contribution in [0.4, 0.5) is 5.69 Å². The number of non-ortho nitro benzene ring substituents is 1. The summed E-state index contributed by atoms with van der Waals surface area (Å²) in [6.07, 6.45) is -0.0209. The minimum Gasteiger partial charge on any atom is -0.426 e. The van der Waals surface area contributed by atoms with E-state index in [-0.39, 0.29) is 23.6 Å². The van der Waals surface area contributed by atoms with Crippen molar-refractivity contribution in [2.45, 2.75) is 6.42 Å². The van der Waals surface area contributed by atoms with Crippen LogP contribution in [0.5, 0.6) is 5.75 Å². The molecular formula is C21H15NO5. The van der Waals surface area contributed by atoms with Crippen molar-refractivity contribution in [2.75, 3.05) is 0 Å². The molecule has 0 spiro atoms. The second-order valence-corrected chi connectivity index (χ2v) is 5.80. The summed E-state index contributed by atoms with van der Waals surface area (Å²) in [5, 5.41) is 10.6. The van der Waals surface area contributed by atoms with Gasteiger partial charge in [0, 0.05) is 23.3 Å². The molecule has 0 fully saturated rings. The molecule has 0 saturated carbocycles. The number of rotatable bonds is 6. The molecule has 0 N–H and O–H groups in total. The number of ketones is 1. The fourth-order valence-corrected chi connectivity index (χ4v) is 2.55. The first-order valence-electron chi connectivity index (χ1n) is 8.17. The number of carbonyl (C=O) groups is 2. The number of ether oxygens (including phenoxy) is 1. The van der Waals surface area contributed by atoms with Crippen LogP contribution in [0.3, 0.4) is 0 Å². The Morgan fingerprint density at radius 2 is 1.52 bits per heavy atom. The number of carbonyl (C=O) groups excluding carboxylic acids is 2. The summed E-state index contributed by atoms with van der Waals surface area (Å²) in [7, 11) is 0. The molecule has 0 aliphatic rings. The van der Waals surface area contributed by atoms with E-state index in [4.69, 9.17) is 4.74 Å². The van der Waals surface area contributed by atoms with Gasteiger partial charge in [-0.1, -0.05) is 48.5 Å². The van der Waals surface area contributed by atoms with Crippen molar-refractivity contribution in [3.63, 3.8) is 0 Å². The van der Waals surface area contributed by atoms with E-state index >= 15 is 0 Å². The zero-order valence-corrected chi connectivity index (χ0v) is 14.2. The van der Waals surface area contributed by atoms with Gasteiger partial charge in [-0.3, -0.25) is 19.7 Å². The SMILES string of the molecule is O=C(Cc1cccc(C(=O)c2ccccc2)c1)Oc1ccc([N+](=O)[O-])cc1. The van der Waals surface area contributed by atoms with E-state index in [1.54, 1.807) is 48.5 Å². The third kappa shape index (κ3) is 4.64. The minimum absolute atomic E-state index is 0.0209. The summed E-state index contributed by atoms with van der Waals surface area (Å²) in [4.78, 5) is 34.7. The Bertz CT molecular complexity index is 981. The predicted octanol–water partition coefficient (Wildman–Crippen LogP) is 3.97. The molecule has 27 heavy (non-hydrogen) atoms. The summed E-state index contributed by atoms with van der Waals surface area (Å²) in [5.41, 5.74) is 1.62. The maximum absolute atomic E-state index is 12.5. The average Bonchev–Trinajstić information content (AvgIpc) is 2.68. The van der Waals surface area contributed by atoms with E-state index in [0.29, 0.717) is 16.7 Å². The zero-order valence-electron chi connectivity index (χ0n) is 14.2. The first kappa shape index (κ1) is 18.0. The first-order chi connectivity index (χ1) is 13.0. The minimum atomic E-state index is -0.527. The number of nitro groups is 1. The Labute approximate surface area is 155 Å². The number of hydrogen-bond acceptors (Lipinski definition) is 5. The highest BCUT2D eigenvalue weighted by atomic mass is 16.6. The Kier molecular flexibility index (Phi) is 5.37. The van der Waals surface area contributed by atoms with Gasteiger partial charge in [0.25, 0.3) is 5.69 Å². The summed E-state index contributed by atoms with van der Waals surface area (Å²) in [5.74, 6) is -0.420. The Morgan fingerprint density at radius 1 is 0.852 bits per heavy atom. The molecule has 0 aromatic heterocycles. The van der Waals surface area contributed by atoms with Crippen molar-refractivity contribution >= 4 is 17.4 Å². The molecule has 3 aromatic rings. The summed E-state index contributed by atoms with van der Waals surface area (Å²) < 4.78 is 5.19. The van der Waals surface area contributed by atoms with Gasteiger partial charge in [0.2, 0.25) is 0 Å². The number of hydrogen-bond donors (Lipinski definition) is 0. The van der Waals surface area contributed by atoms with Crippen LogP contribution in [0.25, 0.3) is 0 Å². The van der Waals surface area contributed by atoms with Gasteiger partial charge in [0.05, 0.1) is 11.3 Å². The number of nitrogens with zero attached hydrogens (tertiary/aromatic N) is 1. The fourth-order valence-electron chi connectivity index (χ4n) is 2.55. The van der Waals surface area contributed by atoms with Gasteiger partial charge < -0.3 is 4.74 Å². The van der Waals surface area contributed by atoms with E-state index in [9.17, 15) is 19.7 Å². The van der Waals surface area contributed by atoms with Crippen LogP contribution in [0.2, 0.25) is 0 Å². The van der Waals surface area contributed by atoms with E-state index in [0.717, 1.165) is 0 Å². The highest BCUT2D eigenvalue weighted by Gasteiger charge is 2.12. The van der Waals surface area contributed by atoms with Crippen LogP contribution in [0, 0.1) is 10.1 Å². The topological polar surface area (TPSA) is 86.5 Å². The second-order valence-electron chi connectivity index (χ2n) is 5.80. The van der Waals surface area contributed by atoms with E-state index in [1.165, 1.54) is 24.3 Å². The van der Waals surface area contributed by atoms with E-state index < -0.39 is 10.9 Å². The lowest BCUT2D eigenvalue weighted by Gasteiger charge is -2.06. The van der Waals surface area contributed by atoms with Crippen molar-refractivity contribution in [1.29, 1.82) is 0 Å². The fraction of sp³-hybridized carbons (Fsp3) is 0.0476. The largest absolute Gasteiger partial charge is 0.426 e. The third-order valence-electron chi connectivity index (χ3n) is 3.85. The molecule has 6 nitrogen and oxygen atoms in total. The smallest absolute Gasteiger partial charge is 0.315 e. The van der Waals surface area contributed by atoms with Crippen LogP contribution < -0.4 is 4.74 Å². The van der Waals surface area contributed by atoms with Gasteiger partial charge in [0.15, 0.2) is 5.78 Å². The van der Waals surface area contributed by atoms with Crippen LogP contribution in [0.15, 0.2) is 78.9 Å². The lowest BCUT2D eigenvalue weighted by Crippen LogP contribution is -2.12. The molecule has 6 heteroatoms. The van der Waals surface area contributed by atoms with Crippen LogP contribution in [0.1, 0.15) is 21.5 Å². The van der Waals surface area contributed by atoms with Crippen molar-refractivity contribution < 1.29 is 19.2 Å². The highest BCUT2D eigenvalue weighted by Crippen LogP contribution is 2.18. The van der Waals surface area contributed by atoms with Crippen LogP contribution in [-0.2, 0) is 11.2 Å². The quantitative estimate of drug-likeness (QED) is 0.218. The van der Waals surface area contributed by atoms with Crippen LogP contribution >= 0.6 is 0 Å². The average molecular weight is 361 g/mol. The number of esters is 1. The molecule has 3 rings (SSSR count). The number of nitro benzene ring substituents is 1. The van der Waals surface area contributed by atoms with Gasteiger partial charge >= 0.3 is 5.97 Å². The van der Waals surface area contributed by atoms with Gasteiger partial charge in [-0.15, -0.1) is 0 Å². The molecule has 0 saturated heterocycles. The van der Waals surface area contributed by atoms with Crippen molar-refractivity contribution in [3.05, 3.63) is 106 Å². The normalized spacial score (nSPS) is 10.2. The molecule has 0 unspecified atom stereocenters. The molecule has 0 aliphatic carbocycles. The van der Waals surface area contributed by atoms with Crippen molar-refractivity contribution in [1.82, 2.24) is 0 Å². The van der Waals surface area contributed by atoms with Gasteiger partial charge in [-0.2, -0.15) is 0 Å². The van der Waals surface area contributed by atoms with Crippen LogP contribution in [-0.4, -0.2) is 16.7 Å². The maximum Gasteiger partial charge on any atom is 0.315 e. The van der Waals surface area contributed by atoms with E-state index in [1.807, 2.05) is 6.07 Å². The molecule has 0 amide bonds. The second kappa shape index (κ2) is 8.05. The zero-order chi connectivity index (χ0) is 19.2. The summed E-state index contributed by atoms with van der Waals surface area (Å²) in [6, 6.07) is 20.9. The Balaban J connectivity index is 1.68. The maximum atomic E-state index is 12.5. The standard InChI is InChI=1S/C21H15NO5/c23-20(27-19-11-9-18(10-12-19)22(25)26)14-15-5-4-8-17(13-15)21(24)16-6-2-1-3-7-16/h1-13H,14H2. The molecular weight excluding hydrogens is 346 g/mol. The molecule has 0 heterocycles. The highest BCUT2D eigenvalue weighted by molar-refractivity contribution is 6.09. The molecule has 0 atom stereocenters. The van der Waals surface area contributed by atoms with Gasteiger partial charge in [-0.05, 0) is 23.8 Å². The first-order valence-corrected chi connectivity index (χ1v) is 8.17. The predicted molar refractivity (Wildman–Crippen MR) is 98.8 cm³/mol. The summed E-state index contributed by atoms with van der Waals surface area (Å²) >= 11 is 0. The monoisotopic (exact) mass is 361 g/mol. The molecule has 134 valence electrons. The lowest BCUT2D eigenvalue weighted by atomic mass is 10.0. The van der Waals surface area contributed by atoms with E-state index in [2.05, 4.69) is 0 Å². The van der Waals surface area contributed by atoms with Crippen molar-refractivity contribution in [3.8, 4) is 5.75 Å². The van der Waals surface area contributed by atoms with Gasteiger partial charge in [0.1, 0.15) is 5.75 Å². The summed E-state index contributed by atoms with van der Waals surface area (Å²) in [6.45, 7) is 0. The number of benzene rings is 3. The third-order valence-corrected chi connectivity index (χ3v) is 3.85. The molecule has 0 radical (unpaired) electrons. The molecule has 0 bridgehead atoms. The lowest BCUT2D eigenvalue weighted by molar-refractivity contribution is -0.384. The molecule has 0 aliphatic heterocycles. The Morgan fingerprint density at radius 3 is 2.19 bits per heavy atom. The van der Waals surface area contributed by atoms with Crippen molar-refractivity contribution in [2.24, 2.45) is 0 Å².